The third-order valence-corrected chi connectivity index (χ3v) is 5.23. The summed E-state index contributed by atoms with van der Waals surface area (Å²) in [4.78, 5) is 15.6. The minimum Gasteiger partial charge on any atom is -0.371 e. The van der Waals surface area contributed by atoms with E-state index in [1.54, 1.807) is 10.7 Å². The van der Waals surface area contributed by atoms with Gasteiger partial charge < -0.3 is 15.5 Å². The van der Waals surface area contributed by atoms with Crippen LogP contribution in [0.4, 0.5) is 16.2 Å². The monoisotopic (exact) mass is 392 g/mol. The molecule has 4 aromatic heterocycles. The second kappa shape index (κ2) is 6.93. The van der Waals surface area contributed by atoms with E-state index in [2.05, 4.69) is 25.7 Å². The van der Waals surface area contributed by atoms with Gasteiger partial charge in [0.2, 0.25) is 5.95 Å². The number of rotatable bonds is 4. The molecule has 1 fully saturated rings. The van der Waals surface area contributed by atoms with Crippen molar-refractivity contribution >= 4 is 28.3 Å². The van der Waals surface area contributed by atoms with E-state index in [1.165, 1.54) is 0 Å². The zero-order valence-corrected chi connectivity index (χ0v) is 16.2. The van der Waals surface area contributed by atoms with Crippen LogP contribution in [0.15, 0.2) is 42.7 Å². The third kappa shape index (κ3) is 3.13. The highest BCUT2D eigenvalue weighted by atomic mass is 19.1. The molecule has 5 heterocycles. The van der Waals surface area contributed by atoms with Crippen molar-refractivity contribution in [2.45, 2.75) is 12.2 Å². The number of halogens is 1. The number of likely N-dealkylation sites (tertiary alicyclic amines) is 1. The molecular weight excluding hydrogens is 371 g/mol. The summed E-state index contributed by atoms with van der Waals surface area (Å²) in [6.07, 6.45) is 2.66. The van der Waals surface area contributed by atoms with Crippen LogP contribution in [0.2, 0.25) is 0 Å². The van der Waals surface area contributed by atoms with E-state index in [-0.39, 0.29) is 6.04 Å². The van der Waals surface area contributed by atoms with Crippen molar-refractivity contribution in [3.8, 4) is 11.3 Å². The van der Waals surface area contributed by atoms with E-state index in [4.69, 9.17) is 4.98 Å². The molecule has 4 aromatic rings. The van der Waals surface area contributed by atoms with Crippen LogP contribution in [-0.2, 0) is 0 Å². The Kier molecular flexibility index (Phi) is 4.24. The van der Waals surface area contributed by atoms with Gasteiger partial charge in [-0.3, -0.25) is 4.98 Å². The summed E-state index contributed by atoms with van der Waals surface area (Å²) in [5.74, 6) is 1.04. The second-order valence-corrected chi connectivity index (χ2v) is 7.28. The summed E-state index contributed by atoms with van der Waals surface area (Å²) in [5, 5.41) is 10.8. The number of hydrogen-bond acceptors (Lipinski definition) is 7. The lowest BCUT2D eigenvalue weighted by molar-refractivity contribution is 0.314. The van der Waals surface area contributed by atoms with Crippen LogP contribution in [0, 0.1) is 0 Å². The van der Waals surface area contributed by atoms with Crippen LogP contribution in [0.3, 0.4) is 0 Å². The molecule has 2 atom stereocenters. The fourth-order valence-electron chi connectivity index (χ4n) is 3.83. The van der Waals surface area contributed by atoms with Crippen LogP contribution >= 0.6 is 0 Å². The van der Waals surface area contributed by atoms with Gasteiger partial charge in [0.15, 0.2) is 5.82 Å². The largest absolute Gasteiger partial charge is 0.371 e. The van der Waals surface area contributed by atoms with Gasteiger partial charge in [-0.05, 0) is 37.4 Å². The number of anilines is 2. The van der Waals surface area contributed by atoms with Crippen LogP contribution in [0.1, 0.15) is 0 Å². The van der Waals surface area contributed by atoms with Crippen molar-refractivity contribution in [2.75, 3.05) is 37.8 Å². The highest BCUT2D eigenvalue weighted by molar-refractivity contribution is 5.89. The van der Waals surface area contributed by atoms with Gasteiger partial charge in [0.05, 0.1) is 22.8 Å². The molecule has 0 amide bonds. The molecule has 0 saturated carbocycles. The summed E-state index contributed by atoms with van der Waals surface area (Å²) in [6, 6.07) is 9.34. The number of aromatic nitrogens is 5. The van der Waals surface area contributed by atoms with Gasteiger partial charge in [-0.1, -0.05) is 0 Å². The molecule has 2 N–H and O–H groups in total. The number of fused-ring (bicyclic) bond motifs is 2. The Hall–Kier alpha value is -3.33. The summed E-state index contributed by atoms with van der Waals surface area (Å²) < 4.78 is 15.9. The number of nitrogens with one attached hydrogen (secondary N) is 2. The molecule has 5 rings (SSSR count). The molecule has 1 saturated heterocycles. The zero-order valence-electron chi connectivity index (χ0n) is 16.2. The van der Waals surface area contributed by atoms with E-state index >= 15 is 0 Å². The Morgan fingerprint density at radius 2 is 2.00 bits per heavy atom. The van der Waals surface area contributed by atoms with E-state index in [0.717, 1.165) is 27.8 Å². The summed E-state index contributed by atoms with van der Waals surface area (Å²) in [7, 11) is 3.71. The topological polar surface area (TPSA) is 83.3 Å². The van der Waals surface area contributed by atoms with Crippen LogP contribution < -0.4 is 10.6 Å². The molecule has 0 unspecified atom stereocenters. The van der Waals surface area contributed by atoms with E-state index in [0.29, 0.717) is 24.9 Å². The van der Waals surface area contributed by atoms with E-state index < -0.39 is 6.17 Å². The Labute approximate surface area is 166 Å². The van der Waals surface area contributed by atoms with Gasteiger partial charge in [0.1, 0.15) is 11.7 Å². The van der Waals surface area contributed by atoms with Gasteiger partial charge in [0.25, 0.3) is 0 Å². The first-order valence-corrected chi connectivity index (χ1v) is 9.51. The van der Waals surface area contributed by atoms with Crippen molar-refractivity contribution in [3.05, 3.63) is 42.7 Å². The molecule has 0 aromatic carbocycles. The minimum atomic E-state index is -0.951. The molecule has 8 nitrogen and oxygen atoms in total. The lowest BCUT2D eigenvalue weighted by atomic mass is 10.1. The highest BCUT2D eigenvalue weighted by Gasteiger charge is 2.31. The van der Waals surface area contributed by atoms with Crippen molar-refractivity contribution in [1.82, 2.24) is 29.5 Å². The first kappa shape index (κ1) is 17.7. The molecule has 9 heteroatoms. The second-order valence-electron chi connectivity index (χ2n) is 7.28. The first-order valence-electron chi connectivity index (χ1n) is 9.51. The standard InChI is InChI=1S/C20H21FN8/c1-22-19-18-12(14-5-6-15-16(24-14)4-3-8-23-15)7-9-29(18)27-20(26-19)25-17-11-28(2)10-13(17)21/h3-9,13,17H,10-11H2,1-2H3,(H2,22,25,26,27)/t13-,17+/m1/s1. The fourth-order valence-corrected chi connectivity index (χ4v) is 3.83. The SMILES string of the molecule is CNc1nc(N[C@H]2CN(C)C[C@H]2F)nn2ccc(-c3ccc4ncccc4n3)c12. The van der Waals surface area contributed by atoms with Gasteiger partial charge in [-0.15, -0.1) is 5.10 Å². The summed E-state index contributed by atoms with van der Waals surface area (Å²) in [6.45, 7) is 1.03. The van der Waals surface area contributed by atoms with Gasteiger partial charge >= 0.3 is 0 Å². The minimum absolute atomic E-state index is 0.327. The molecule has 148 valence electrons. The van der Waals surface area contributed by atoms with Gasteiger partial charge in [0, 0.05) is 38.1 Å². The third-order valence-electron chi connectivity index (χ3n) is 5.23. The number of nitrogens with zero attached hydrogens (tertiary/aromatic N) is 6. The number of likely N-dealkylation sites (N-methyl/N-ethyl adjacent to an activating group) is 1. The zero-order chi connectivity index (χ0) is 20.0. The maximum Gasteiger partial charge on any atom is 0.243 e. The van der Waals surface area contributed by atoms with Crippen molar-refractivity contribution < 1.29 is 4.39 Å². The quantitative estimate of drug-likeness (QED) is 0.552. The lowest BCUT2D eigenvalue weighted by Crippen LogP contribution is -2.30. The fraction of sp³-hybridized carbons (Fsp3) is 0.300. The van der Waals surface area contributed by atoms with Crippen LogP contribution in [-0.4, -0.2) is 68.9 Å². The Bertz CT molecular complexity index is 1190. The smallest absolute Gasteiger partial charge is 0.243 e. The van der Waals surface area contributed by atoms with E-state index in [9.17, 15) is 4.39 Å². The molecule has 1 aliphatic rings. The highest BCUT2D eigenvalue weighted by Crippen LogP contribution is 2.30. The summed E-state index contributed by atoms with van der Waals surface area (Å²) in [5.41, 5.74) is 4.22. The molecule has 1 aliphatic heterocycles. The molecule has 0 radical (unpaired) electrons. The number of hydrogen-bond donors (Lipinski definition) is 2. The van der Waals surface area contributed by atoms with Crippen molar-refractivity contribution in [1.29, 1.82) is 0 Å². The first-order chi connectivity index (χ1) is 14.1. The predicted octanol–water partition coefficient (Wildman–Crippen LogP) is 2.45. The van der Waals surface area contributed by atoms with E-state index in [1.807, 2.05) is 55.5 Å². The Balaban J connectivity index is 1.56. The Morgan fingerprint density at radius 1 is 1.10 bits per heavy atom. The van der Waals surface area contributed by atoms with Gasteiger partial charge in [-0.2, -0.15) is 4.98 Å². The maximum absolute atomic E-state index is 14.2. The molecule has 0 aliphatic carbocycles. The predicted molar refractivity (Wildman–Crippen MR) is 111 cm³/mol. The lowest BCUT2D eigenvalue weighted by Gasteiger charge is -2.15. The van der Waals surface area contributed by atoms with Crippen molar-refractivity contribution in [2.24, 2.45) is 0 Å². The number of alkyl halides is 1. The summed E-state index contributed by atoms with van der Waals surface area (Å²) >= 11 is 0. The van der Waals surface area contributed by atoms with Gasteiger partial charge in [-0.25, -0.2) is 13.9 Å². The molecule has 0 bridgehead atoms. The van der Waals surface area contributed by atoms with Crippen LogP contribution in [0.25, 0.3) is 27.8 Å². The van der Waals surface area contributed by atoms with Crippen molar-refractivity contribution in [3.63, 3.8) is 0 Å². The number of pyridine rings is 2. The van der Waals surface area contributed by atoms with Crippen LogP contribution in [0.5, 0.6) is 0 Å². The normalized spacial score (nSPS) is 19.8. The maximum atomic E-state index is 14.2. The molecule has 0 spiro atoms. The molecular formula is C20H21FN8. The average Bonchev–Trinajstić information content (AvgIpc) is 3.29. The average molecular weight is 392 g/mol. The molecule has 29 heavy (non-hydrogen) atoms. The Morgan fingerprint density at radius 3 is 2.79 bits per heavy atom.